The van der Waals surface area contributed by atoms with E-state index in [-0.39, 0.29) is 37.5 Å². The van der Waals surface area contributed by atoms with E-state index in [1.165, 1.54) is 122 Å². The molecule has 6 nitrogen and oxygen atoms in total. The van der Waals surface area contributed by atoms with Crippen molar-refractivity contribution in [2.75, 3.05) is 13.2 Å². The van der Waals surface area contributed by atoms with Crippen molar-refractivity contribution in [2.45, 2.75) is 297 Å². The Morgan fingerprint density at radius 3 is 0.909 bits per heavy atom. The molecule has 0 aromatic heterocycles. The van der Waals surface area contributed by atoms with Gasteiger partial charge in [-0.25, -0.2) is 0 Å². The third-order valence-corrected chi connectivity index (χ3v) is 13.4. The van der Waals surface area contributed by atoms with Gasteiger partial charge in [0.25, 0.3) is 0 Å². The molecule has 0 rings (SSSR count). The topological polar surface area (TPSA) is 78.9 Å². The smallest absolute Gasteiger partial charge is 0.306 e. The molecule has 77 heavy (non-hydrogen) atoms. The summed E-state index contributed by atoms with van der Waals surface area (Å²) in [7, 11) is 0. The van der Waals surface area contributed by atoms with E-state index in [0.717, 1.165) is 122 Å². The highest BCUT2D eigenvalue weighted by atomic mass is 16.6. The van der Waals surface area contributed by atoms with Gasteiger partial charge in [0.05, 0.1) is 0 Å². The van der Waals surface area contributed by atoms with E-state index < -0.39 is 6.10 Å². The SMILES string of the molecule is CC/C=C\C/C=C\C/C=C\C/C=C\C/C=C\C/C=C\C/C=C\C/C=C\C/C=C\CCCC(=O)OCC(COC(=O)CCCCCCC/C=C\CCC)OC(=O)CCCCCCCCCCCCCCCCCCCCCC. The zero-order valence-electron chi connectivity index (χ0n) is 50.2. The van der Waals surface area contributed by atoms with Crippen LogP contribution in [0, 0.1) is 0 Å². The van der Waals surface area contributed by atoms with Crippen LogP contribution >= 0.6 is 0 Å². The molecule has 0 saturated carbocycles. The van der Waals surface area contributed by atoms with Crippen LogP contribution in [0.4, 0.5) is 0 Å². The fourth-order valence-electron chi connectivity index (χ4n) is 8.68. The molecule has 0 fully saturated rings. The predicted molar refractivity (Wildman–Crippen MR) is 334 cm³/mol. The van der Waals surface area contributed by atoms with Crippen molar-refractivity contribution in [1.29, 1.82) is 0 Å². The molecule has 0 aliphatic rings. The van der Waals surface area contributed by atoms with E-state index in [1.807, 2.05) is 0 Å². The van der Waals surface area contributed by atoms with E-state index in [2.05, 4.69) is 142 Å². The fourth-order valence-corrected chi connectivity index (χ4v) is 8.68. The first kappa shape index (κ1) is 72.8. The van der Waals surface area contributed by atoms with Crippen LogP contribution in [0.15, 0.2) is 122 Å². The van der Waals surface area contributed by atoms with Gasteiger partial charge in [0.2, 0.25) is 0 Å². The summed E-state index contributed by atoms with van der Waals surface area (Å²) in [5, 5.41) is 0. The van der Waals surface area contributed by atoms with Crippen LogP contribution < -0.4 is 0 Å². The average molecular weight is 1070 g/mol. The van der Waals surface area contributed by atoms with Gasteiger partial charge < -0.3 is 14.2 Å². The molecule has 1 atom stereocenters. The highest BCUT2D eigenvalue weighted by Crippen LogP contribution is 2.16. The Hall–Kier alpha value is -4.19. The first-order valence-corrected chi connectivity index (χ1v) is 32.0. The summed E-state index contributed by atoms with van der Waals surface area (Å²) in [5.41, 5.74) is 0. The van der Waals surface area contributed by atoms with Crippen LogP contribution in [0.5, 0.6) is 0 Å². The van der Waals surface area contributed by atoms with Gasteiger partial charge in [-0.15, -0.1) is 0 Å². The molecule has 0 aliphatic heterocycles. The summed E-state index contributed by atoms with van der Waals surface area (Å²) in [5.74, 6) is -0.967. The Morgan fingerprint density at radius 1 is 0.273 bits per heavy atom. The molecule has 0 aromatic carbocycles. The van der Waals surface area contributed by atoms with Crippen molar-refractivity contribution in [3.63, 3.8) is 0 Å². The molecular formula is C71H118O6. The Balaban J connectivity index is 4.36. The summed E-state index contributed by atoms with van der Waals surface area (Å²) >= 11 is 0. The number of rotatable bonds is 57. The van der Waals surface area contributed by atoms with Crippen LogP contribution in [0.3, 0.4) is 0 Å². The van der Waals surface area contributed by atoms with Crippen molar-refractivity contribution in [3.8, 4) is 0 Å². The maximum Gasteiger partial charge on any atom is 0.306 e. The van der Waals surface area contributed by atoms with Gasteiger partial charge in [0, 0.05) is 19.3 Å². The lowest BCUT2D eigenvalue weighted by atomic mass is 10.0. The first-order chi connectivity index (χ1) is 38.0. The number of esters is 3. The second-order valence-corrected chi connectivity index (χ2v) is 20.9. The third-order valence-electron chi connectivity index (χ3n) is 13.4. The predicted octanol–water partition coefficient (Wildman–Crippen LogP) is 22.0. The minimum atomic E-state index is -0.806. The minimum Gasteiger partial charge on any atom is -0.462 e. The lowest BCUT2D eigenvalue weighted by molar-refractivity contribution is -0.167. The summed E-state index contributed by atoms with van der Waals surface area (Å²) in [6.07, 6.45) is 89.4. The highest BCUT2D eigenvalue weighted by Gasteiger charge is 2.19. The van der Waals surface area contributed by atoms with Gasteiger partial charge in [-0.3, -0.25) is 14.4 Å². The van der Waals surface area contributed by atoms with Gasteiger partial charge in [-0.05, 0) is 103 Å². The highest BCUT2D eigenvalue weighted by molar-refractivity contribution is 5.71. The molecule has 0 saturated heterocycles. The van der Waals surface area contributed by atoms with Gasteiger partial charge in [0.1, 0.15) is 13.2 Å². The van der Waals surface area contributed by atoms with E-state index in [1.54, 1.807) is 0 Å². The van der Waals surface area contributed by atoms with Crippen molar-refractivity contribution in [3.05, 3.63) is 122 Å². The molecular weight excluding hydrogens is 949 g/mol. The van der Waals surface area contributed by atoms with Crippen LogP contribution in [0.25, 0.3) is 0 Å². The summed E-state index contributed by atoms with van der Waals surface area (Å²) < 4.78 is 16.8. The number of unbranched alkanes of at least 4 members (excludes halogenated alkanes) is 26. The Bertz CT molecular complexity index is 1600. The minimum absolute atomic E-state index is 0.100. The Morgan fingerprint density at radius 2 is 0.545 bits per heavy atom. The standard InChI is InChI=1S/C71H118O6/c1-4-7-10-13-16-19-22-24-26-28-30-32-33-34-35-36-37-38-39-40-42-43-45-47-49-52-55-58-61-64-70(73)76-67-68(66-75-69(72)63-60-57-54-51-21-18-15-12-9-6-3)77-71(74)65-62-59-56-53-50-48-46-44-41-31-29-27-25-23-20-17-14-11-8-5-2/h7,10,12,15-16,19,24,26,30,32,34-35,37-38,40,42,45,47,52,55,68H,4-6,8-9,11,13-14,17-18,20-23,25,27-29,31,33,36,39,41,43-44,46,48-51,53-54,56-67H2,1-3H3/b10-7-,15-12-,19-16-,26-24-,32-30-,35-34-,38-37-,42-40-,47-45-,55-52-. The summed E-state index contributed by atoms with van der Waals surface area (Å²) in [6.45, 7) is 6.43. The van der Waals surface area contributed by atoms with Gasteiger partial charge in [-0.2, -0.15) is 0 Å². The largest absolute Gasteiger partial charge is 0.462 e. The monoisotopic (exact) mass is 1070 g/mol. The first-order valence-electron chi connectivity index (χ1n) is 32.0. The van der Waals surface area contributed by atoms with Gasteiger partial charge >= 0.3 is 17.9 Å². The van der Waals surface area contributed by atoms with Crippen LogP contribution in [0.2, 0.25) is 0 Å². The van der Waals surface area contributed by atoms with Crippen molar-refractivity contribution in [1.82, 2.24) is 0 Å². The molecule has 0 spiro atoms. The molecule has 0 radical (unpaired) electrons. The number of allylic oxidation sites excluding steroid dienone is 20. The molecule has 0 heterocycles. The molecule has 0 N–H and O–H groups in total. The fraction of sp³-hybridized carbons (Fsp3) is 0.676. The van der Waals surface area contributed by atoms with E-state index in [9.17, 15) is 14.4 Å². The van der Waals surface area contributed by atoms with E-state index in [0.29, 0.717) is 19.3 Å². The molecule has 0 bridgehead atoms. The number of carbonyl (C=O) groups is 3. The maximum absolute atomic E-state index is 12.9. The lowest BCUT2D eigenvalue weighted by Crippen LogP contribution is -2.30. The lowest BCUT2D eigenvalue weighted by Gasteiger charge is -2.18. The van der Waals surface area contributed by atoms with Gasteiger partial charge in [-0.1, -0.05) is 290 Å². The van der Waals surface area contributed by atoms with Crippen molar-refractivity contribution >= 4 is 17.9 Å². The number of hydrogen-bond acceptors (Lipinski definition) is 6. The second kappa shape index (κ2) is 64.3. The Labute approximate surface area is 475 Å². The van der Waals surface area contributed by atoms with E-state index >= 15 is 0 Å². The zero-order valence-corrected chi connectivity index (χ0v) is 50.2. The van der Waals surface area contributed by atoms with Crippen LogP contribution in [-0.2, 0) is 28.6 Å². The number of hydrogen-bond donors (Lipinski definition) is 0. The third kappa shape index (κ3) is 62.5. The Kier molecular flexibility index (Phi) is 60.8. The van der Waals surface area contributed by atoms with Crippen molar-refractivity contribution < 1.29 is 28.6 Å². The normalized spacial score (nSPS) is 12.9. The molecule has 6 heteroatoms. The second-order valence-electron chi connectivity index (χ2n) is 20.9. The number of carbonyl (C=O) groups excluding carboxylic acids is 3. The molecule has 0 aromatic rings. The van der Waals surface area contributed by atoms with E-state index in [4.69, 9.17) is 14.2 Å². The van der Waals surface area contributed by atoms with Crippen molar-refractivity contribution in [2.24, 2.45) is 0 Å². The molecule has 0 aliphatic carbocycles. The summed E-state index contributed by atoms with van der Waals surface area (Å²) in [4.78, 5) is 38.2. The molecule has 1 unspecified atom stereocenters. The zero-order chi connectivity index (χ0) is 55.7. The maximum atomic E-state index is 12.9. The van der Waals surface area contributed by atoms with Crippen LogP contribution in [-0.4, -0.2) is 37.2 Å². The summed E-state index contributed by atoms with van der Waals surface area (Å²) in [6, 6.07) is 0. The molecule has 0 amide bonds. The quantitative estimate of drug-likeness (QED) is 0.0261. The average Bonchev–Trinajstić information content (AvgIpc) is 3.43. The van der Waals surface area contributed by atoms with Gasteiger partial charge in [0.15, 0.2) is 6.10 Å². The van der Waals surface area contributed by atoms with Crippen LogP contribution in [0.1, 0.15) is 290 Å². The molecule has 438 valence electrons. The number of ether oxygens (including phenoxy) is 3.